The van der Waals surface area contributed by atoms with Crippen LogP contribution >= 0.6 is 31.9 Å². The van der Waals surface area contributed by atoms with Gasteiger partial charge in [-0.1, -0.05) is 0 Å². The fraction of sp³-hybridized carbons (Fsp3) is 0.529. The highest BCUT2D eigenvalue weighted by molar-refractivity contribution is 9.10. The van der Waals surface area contributed by atoms with Gasteiger partial charge in [-0.25, -0.2) is 18.6 Å². The SMILES string of the molecule is CC(C)(C)OC(=O)N1CCCCC1.CC(C)(C)OC(=O)N1CCN(c2ccnn3cc(Br)cc23)CC1.O=S(=O)(Oc1ccnn2cc(Br)cc12)C(F)(F)F. The van der Waals surface area contributed by atoms with Crippen LogP contribution in [0.15, 0.2) is 58.0 Å². The molecule has 14 nitrogen and oxygen atoms in total. The van der Waals surface area contributed by atoms with E-state index in [-0.39, 0.29) is 23.3 Å². The molecule has 0 aromatic carbocycles. The topological polar surface area (TPSA) is 140 Å². The first-order chi connectivity index (χ1) is 25.0. The van der Waals surface area contributed by atoms with Crippen LogP contribution in [0.5, 0.6) is 5.75 Å². The molecule has 0 N–H and O–H groups in total. The van der Waals surface area contributed by atoms with Gasteiger partial charge in [-0.2, -0.15) is 31.8 Å². The van der Waals surface area contributed by atoms with E-state index in [1.807, 2.05) is 58.3 Å². The molecule has 0 saturated carbocycles. The summed E-state index contributed by atoms with van der Waals surface area (Å²) in [6, 6.07) is 6.49. The second-order valence-corrected chi connectivity index (χ2v) is 17.7. The maximum Gasteiger partial charge on any atom is 0.534 e. The second kappa shape index (κ2) is 17.3. The predicted octanol–water partition coefficient (Wildman–Crippen LogP) is 7.89. The Bertz CT molecular complexity index is 2020. The number of amides is 2. The number of piperazine rings is 1. The third-order valence-corrected chi connectivity index (χ3v) is 9.49. The van der Waals surface area contributed by atoms with Crippen molar-refractivity contribution < 1.29 is 44.8 Å². The zero-order valence-electron chi connectivity index (χ0n) is 30.8. The van der Waals surface area contributed by atoms with Crippen molar-refractivity contribution in [1.82, 2.24) is 29.0 Å². The first kappa shape index (κ1) is 43.0. The van der Waals surface area contributed by atoms with Crippen molar-refractivity contribution in [2.24, 2.45) is 0 Å². The third-order valence-electron chi connectivity index (χ3n) is 7.65. The molecule has 20 heteroatoms. The molecule has 0 bridgehead atoms. The van der Waals surface area contributed by atoms with Crippen molar-refractivity contribution in [2.45, 2.75) is 77.5 Å². The summed E-state index contributed by atoms with van der Waals surface area (Å²) in [6.45, 7) is 15.9. The van der Waals surface area contributed by atoms with Crippen LogP contribution in [0.4, 0.5) is 28.4 Å². The molecular weight excluding hydrogens is 867 g/mol. The zero-order chi connectivity index (χ0) is 40.1. The minimum atomic E-state index is -5.69. The summed E-state index contributed by atoms with van der Waals surface area (Å²) >= 11 is 6.58. The molecule has 2 saturated heterocycles. The number of piperidine rings is 1. The molecule has 6 heterocycles. The normalized spacial score (nSPS) is 15.6. The van der Waals surface area contributed by atoms with Crippen LogP contribution in [0.3, 0.4) is 0 Å². The lowest BCUT2D eigenvalue weighted by atomic mass is 10.1. The van der Waals surface area contributed by atoms with Crippen LogP contribution in [0, 0.1) is 0 Å². The molecule has 54 heavy (non-hydrogen) atoms. The number of aromatic nitrogens is 4. The quantitative estimate of drug-likeness (QED) is 0.147. The number of rotatable bonds is 3. The molecule has 0 aliphatic carbocycles. The number of nitrogens with zero attached hydrogens (tertiary/aromatic N) is 7. The van der Waals surface area contributed by atoms with Gasteiger partial charge in [0.1, 0.15) is 16.7 Å². The first-order valence-corrected chi connectivity index (χ1v) is 20.0. The van der Waals surface area contributed by atoms with Crippen LogP contribution in [-0.4, -0.2) is 106 Å². The molecule has 298 valence electrons. The van der Waals surface area contributed by atoms with E-state index in [0.29, 0.717) is 17.6 Å². The van der Waals surface area contributed by atoms with Crippen LogP contribution in [0.1, 0.15) is 60.8 Å². The smallest absolute Gasteiger partial charge is 0.444 e. The largest absolute Gasteiger partial charge is 0.534 e. The van der Waals surface area contributed by atoms with E-state index >= 15 is 0 Å². The minimum Gasteiger partial charge on any atom is -0.444 e. The molecule has 2 aliphatic rings. The minimum absolute atomic E-state index is 0.0946. The molecule has 2 aliphatic heterocycles. The Morgan fingerprint density at radius 3 is 1.67 bits per heavy atom. The lowest BCUT2D eigenvalue weighted by Crippen LogP contribution is -2.50. The van der Waals surface area contributed by atoms with E-state index in [0.717, 1.165) is 67.0 Å². The highest BCUT2D eigenvalue weighted by atomic mass is 79.9. The number of ether oxygens (including phenoxy) is 2. The van der Waals surface area contributed by atoms with Crippen LogP contribution in [-0.2, 0) is 19.6 Å². The molecule has 2 fully saturated rings. The van der Waals surface area contributed by atoms with Gasteiger partial charge < -0.3 is 28.4 Å². The van der Waals surface area contributed by atoms with E-state index in [1.165, 1.54) is 23.2 Å². The van der Waals surface area contributed by atoms with Gasteiger partial charge in [-0.05, 0) is 111 Å². The van der Waals surface area contributed by atoms with Crippen molar-refractivity contribution in [3.63, 3.8) is 0 Å². The lowest BCUT2D eigenvalue weighted by Gasteiger charge is -2.36. The van der Waals surface area contributed by atoms with E-state index in [1.54, 1.807) is 16.0 Å². The Labute approximate surface area is 328 Å². The number of likely N-dealkylation sites (tertiary alicyclic amines) is 1. The summed E-state index contributed by atoms with van der Waals surface area (Å²) in [7, 11) is -5.69. The van der Waals surface area contributed by atoms with Gasteiger partial charge in [0.2, 0.25) is 0 Å². The third kappa shape index (κ3) is 12.1. The standard InChI is InChI=1S/C16H21BrN4O2.C10H19NO2.C8H4BrF3N2O3S/c1-16(2,3)23-15(22)20-8-6-19(7-9-20)13-4-5-18-21-11-12(17)10-14(13)21;1-10(2,3)13-9(12)11-7-5-4-6-8-11;9-5-3-6-7(1-2-13-14(6)4-5)17-18(15,16)8(10,11)12/h4-5,10-11H,6-9H2,1-3H3;4-8H2,1-3H3;1-4H. The lowest BCUT2D eigenvalue weighted by molar-refractivity contribution is -0.0499. The molecular formula is C34H44Br2F3N7O7S. The van der Waals surface area contributed by atoms with Crippen molar-refractivity contribution in [3.05, 3.63) is 58.0 Å². The fourth-order valence-corrected chi connectivity index (χ4v) is 6.58. The number of carbonyl (C=O) groups is 2. The van der Waals surface area contributed by atoms with Crippen LogP contribution in [0.2, 0.25) is 0 Å². The van der Waals surface area contributed by atoms with Gasteiger partial charge in [-0.15, -0.1) is 0 Å². The number of hydrogen-bond acceptors (Lipinski definition) is 10. The molecule has 0 radical (unpaired) electrons. The predicted molar refractivity (Wildman–Crippen MR) is 203 cm³/mol. The monoisotopic (exact) mass is 909 g/mol. The van der Waals surface area contributed by atoms with E-state index in [4.69, 9.17) is 9.47 Å². The van der Waals surface area contributed by atoms with Gasteiger partial charge in [0.25, 0.3) is 0 Å². The number of carbonyl (C=O) groups excluding carboxylic acids is 2. The van der Waals surface area contributed by atoms with Crippen LogP contribution in [0.25, 0.3) is 11.0 Å². The second-order valence-electron chi connectivity index (χ2n) is 14.4. The van der Waals surface area contributed by atoms with Crippen molar-refractivity contribution in [1.29, 1.82) is 0 Å². The molecule has 2 amide bonds. The molecule has 4 aromatic rings. The Kier molecular flexibility index (Phi) is 13.8. The Balaban J connectivity index is 0.000000188. The van der Waals surface area contributed by atoms with Gasteiger partial charge in [0, 0.05) is 72.9 Å². The van der Waals surface area contributed by atoms with E-state index in [2.05, 4.69) is 57.2 Å². The molecule has 6 rings (SSSR count). The number of halogens is 5. The maximum absolute atomic E-state index is 12.2. The highest BCUT2D eigenvalue weighted by Crippen LogP contribution is 2.31. The first-order valence-electron chi connectivity index (χ1n) is 17.0. The fourth-order valence-electron chi connectivity index (χ4n) is 5.29. The van der Waals surface area contributed by atoms with Crippen molar-refractivity contribution in [2.75, 3.05) is 44.2 Å². The molecule has 4 aromatic heterocycles. The maximum atomic E-state index is 12.2. The summed E-state index contributed by atoms with van der Waals surface area (Å²) < 4.78 is 77.6. The highest BCUT2D eigenvalue weighted by Gasteiger charge is 2.48. The Morgan fingerprint density at radius 1 is 0.704 bits per heavy atom. The van der Waals surface area contributed by atoms with Gasteiger partial charge in [0.05, 0.1) is 17.4 Å². The number of anilines is 1. The number of hydrogen-bond donors (Lipinski definition) is 0. The summed E-state index contributed by atoms with van der Waals surface area (Å²) in [5.74, 6) is -0.451. The van der Waals surface area contributed by atoms with Gasteiger partial charge in [-0.3, -0.25) is 0 Å². The summed E-state index contributed by atoms with van der Waals surface area (Å²) in [4.78, 5) is 29.5. The van der Waals surface area contributed by atoms with Crippen molar-refractivity contribution >= 4 is 70.9 Å². The van der Waals surface area contributed by atoms with Crippen LogP contribution < -0.4 is 9.08 Å². The Morgan fingerprint density at radius 2 is 1.17 bits per heavy atom. The van der Waals surface area contributed by atoms with Gasteiger partial charge >= 0.3 is 27.8 Å². The number of alkyl halides is 3. The van der Waals surface area contributed by atoms with Crippen molar-refractivity contribution in [3.8, 4) is 5.75 Å². The Hall–Kier alpha value is -3.78. The molecule has 0 spiro atoms. The van der Waals surface area contributed by atoms with E-state index in [9.17, 15) is 31.2 Å². The number of fused-ring (bicyclic) bond motifs is 2. The average molecular weight is 912 g/mol. The summed E-state index contributed by atoms with van der Waals surface area (Å²) in [6.07, 6.45) is 9.38. The van der Waals surface area contributed by atoms with Gasteiger partial charge in [0.15, 0.2) is 5.75 Å². The summed E-state index contributed by atoms with van der Waals surface area (Å²) in [5, 5.41) is 8.10. The van der Waals surface area contributed by atoms with E-state index < -0.39 is 27.0 Å². The molecule has 0 unspecified atom stereocenters. The zero-order valence-corrected chi connectivity index (χ0v) is 34.8. The average Bonchev–Trinajstić information content (AvgIpc) is 3.65. The molecule has 0 atom stereocenters. The summed E-state index contributed by atoms with van der Waals surface area (Å²) in [5.41, 5.74) is -4.01.